The molecule has 1 N–H and O–H groups in total. The summed E-state index contributed by atoms with van der Waals surface area (Å²) in [5, 5.41) is 10.9. The number of hydrogen-bond acceptors (Lipinski definition) is 4. The molecule has 1 aliphatic heterocycles. The van der Waals surface area contributed by atoms with Crippen LogP contribution in [-0.4, -0.2) is 40.0 Å². The van der Waals surface area contributed by atoms with Crippen LogP contribution in [0.5, 0.6) is 0 Å². The van der Waals surface area contributed by atoms with Gasteiger partial charge in [0.15, 0.2) is 0 Å². The Labute approximate surface area is 145 Å². The van der Waals surface area contributed by atoms with Crippen LogP contribution in [-0.2, 0) is 4.79 Å². The SMILES string of the molecule is Cc1nc(-c2cccs2)ccc1C(=O)N1CCC(CC(=O)O)CC1. The summed E-state index contributed by atoms with van der Waals surface area (Å²) < 4.78 is 0. The molecule has 0 atom stereocenters. The highest BCUT2D eigenvalue weighted by molar-refractivity contribution is 7.13. The standard InChI is InChI=1S/C18H20N2O3S/c1-12-14(4-5-15(19-12)16-3-2-10-24-16)18(23)20-8-6-13(7-9-20)11-17(21)22/h2-5,10,13H,6-9,11H2,1H3,(H,21,22). The Bertz CT molecular complexity index is 735. The zero-order valence-corrected chi connectivity index (χ0v) is 14.4. The van der Waals surface area contributed by atoms with Crippen LogP contribution in [0.1, 0.15) is 35.3 Å². The normalized spacial score (nSPS) is 15.5. The van der Waals surface area contributed by atoms with Gasteiger partial charge < -0.3 is 10.0 Å². The van der Waals surface area contributed by atoms with Crippen LogP contribution in [0.25, 0.3) is 10.6 Å². The summed E-state index contributed by atoms with van der Waals surface area (Å²) in [6, 6.07) is 7.74. The van der Waals surface area contributed by atoms with Crippen molar-refractivity contribution in [2.24, 2.45) is 5.92 Å². The van der Waals surface area contributed by atoms with E-state index in [2.05, 4.69) is 4.98 Å². The topological polar surface area (TPSA) is 70.5 Å². The van der Waals surface area contributed by atoms with E-state index in [-0.39, 0.29) is 18.2 Å². The largest absolute Gasteiger partial charge is 0.481 e. The zero-order valence-electron chi connectivity index (χ0n) is 13.6. The lowest BCUT2D eigenvalue weighted by Gasteiger charge is -2.31. The van der Waals surface area contributed by atoms with E-state index < -0.39 is 5.97 Å². The fourth-order valence-electron chi connectivity index (χ4n) is 3.11. The maximum Gasteiger partial charge on any atom is 0.303 e. The van der Waals surface area contributed by atoms with E-state index in [9.17, 15) is 9.59 Å². The van der Waals surface area contributed by atoms with E-state index in [0.717, 1.165) is 29.1 Å². The van der Waals surface area contributed by atoms with Gasteiger partial charge in [-0.1, -0.05) is 6.07 Å². The van der Waals surface area contributed by atoms with Crippen molar-refractivity contribution in [1.82, 2.24) is 9.88 Å². The maximum absolute atomic E-state index is 12.7. The van der Waals surface area contributed by atoms with Gasteiger partial charge in [0.05, 0.1) is 21.8 Å². The van der Waals surface area contributed by atoms with Gasteiger partial charge in [-0.3, -0.25) is 14.6 Å². The van der Waals surface area contributed by atoms with Gasteiger partial charge in [0.25, 0.3) is 5.91 Å². The quantitative estimate of drug-likeness (QED) is 0.922. The van der Waals surface area contributed by atoms with Crippen molar-refractivity contribution in [2.45, 2.75) is 26.2 Å². The number of aryl methyl sites for hydroxylation is 1. The molecule has 1 amide bonds. The molecule has 0 aromatic carbocycles. The van der Waals surface area contributed by atoms with Gasteiger partial charge in [-0.25, -0.2) is 0 Å². The second kappa shape index (κ2) is 7.13. The summed E-state index contributed by atoms with van der Waals surface area (Å²) in [5.74, 6) is -0.595. The third-order valence-electron chi connectivity index (χ3n) is 4.45. The zero-order chi connectivity index (χ0) is 17.1. The molecule has 0 saturated carbocycles. The summed E-state index contributed by atoms with van der Waals surface area (Å²) >= 11 is 1.63. The van der Waals surface area contributed by atoms with Crippen molar-refractivity contribution in [3.05, 3.63) is 40.9 Å². The number of pyridine rings is 1. The summed E-state index contributed by atoms with van der Waals surface area (Å²) in [5.41, 5.74) is 2.25. The fourth-order valence-corrected chi connectivity index (χ4v) is 3.80. The monoisotopic (exact) mass is 344 g/mol. The molecule has 0 spiro atoms. The molecular formula is C18H20N2O3S. The maximum atomic E-state index is 12.7. The van der Waals surface area contributed by atoms with Crippen LogP contribution in [0, 0.1) is 12.8 Å². The lowest BCUT2D eigenvalue weighted by atomic mass is 9.93. The number of nitrogens with zero attached hydrogens (tertiary/aromatic N) is 2. The van der Waals surface area contributed by atoms with Gasteiger partial charge in [0, 0.05) is 19.5 Å². The van der Waals surface area contributed by atoms with E-state index >= 15 is 0 Å². The molecule has 0 unspecified atom stereocenters. The predicted octanol–water partition coefficient (Wildman–Crippen LogP) is 3.45. The van der Waals surface area contributed by atoms with Crippen molar-refractivity contribution in [2.75, 3.05) is 13.1 Å². The minimum Gasteiger partial charge on any atom is -0.481 e. The number of carbonyl (C=O) groups is 2. The first kappa shape index (κ1) is 16.6. The molecule has 24 heavy (non-hydrogen) atoms. The number of aliphatic carboxylic acids is 1. The van der Waals surface area contributed by atoms with Gasteiger partial charge >= 0.3 is 5.97 Å². The average Bonchev–Trinajstić information content (AvgIpc) is 3.09. The Balaban J connectivity index is 1.68. The van der Waals surface area contributed by atoms with E-state index in [4.69, 9.17) is 5.11 Å². The highest BCUT2D eigenvalue weighted by Crippen LogP contribution is 2.26. The van der Waals surface area contributed by atoms with Gasteiger partial charge in [-0.15, -0.1) is 11.3 Å². The van der Waals surface area contributed by atoms with E-state index in [0.29, 0.717) is 18.7 Å². The molecule has 6 heteroatoms. The number of likely N-dealkylation sites (tertiary alicyclic amines) is 1. The first-order chi connectivity index (χ1) is 11.5. The van der Waals surface area contributed by atoms with E-state index in [1.807, 2.05) is 41.5 Å². The van der Waals surface area contributed by atoms with Crippen LogP contribution in [0.15, 0.2) is 29.6 Å². The number of aromatic nitrogens is 1. The van der Waals surface area contributed by atoms with Crippen LogP contribution in [0.2, 0.25) is 0 Å². The molecule has 1 saturated heterocycles. The van der Waals surface area contributed by atoms with Gasteiger partial charge in [-0.05, 0) is 49.3 Å². The number of piperidine rings is 1. The Morgan fingerprint density at radius 3 is 2.62 bits per heavy atom. The molecule has 1 aliphatic rings. The highest BCUT2D eigenvalue weighted by atomic mass is 32.1. The molecule has 0 bridgehead atoms. The van der Waals surface area contributed by atoms with Crippen LogP contribution < -0.4 is 0 Å². The number of rotatable bonds is 4. The molecule has 0 radical (unpaired) electrons. The Morgan fingerprint density at radius 1 is 1.29 bits per heavy atom. The molecule has 2 aromatic rings. The lowest BCUT2D eigenvalue weighted by Crippen LogP contribution is -2.39. The number of amides is 1. The number of thiophene rings is 1. The van der Waals surface area contributed by atoms with Crippen molar-refractivity contribution < 1.29 is 14.7 Å². The number of carboxylic acid groups (broad SMARTS) is 1. The van der Waals surface area contributed by atoms with Crippen LogP contribution >= 0.6 is 11.3 Å². The highest BCUT2D eigenvalue weighted by Gasteiger charge is 2.26. The van der Waals surface area contributed by atoms with Crippen LogP contribution in [0.3, 0.4) is 0 Å². The summed E-state index contributed by atoms with van der Waals surface area (Å²) in [7, 11) is 0. The minimum atomic E-state index is -0.760. The molecule has 0 aliphatic carbocycles. The Kier molecular flexibility index (Phi) is 4.94. The van der Waals surface area contributed by atoms with Gasteiger partial charge in [0.1, 0.15) is 0 Å². The molecular weight excluding hydrogens is 324 g/mol. The molecule has 2 aromatic heterocycles. The molecule has 5 nitrogen and oxygen atoms in total. The molecule has 1 fully saturated rings. The summed E-state index contributed by atoms with van der Waals surface area (Å²) in [6.45, 7) is 3.09. The average molecular weight is 344 g/mol. The molecule has 3 heterocycles. The Morgan fingerprint density at radius 2 is 2.04 bits per heavy atom. The summed E-state index contributed by atoms with van der Waals surface area (Å²) in [6.07, 6.45) is 1.69. The molecule has 126 valence electrons. The third-order valence-corrected chi connectivity index (χ3v) is 5.35. The third kappa shape index (κ3) is 3.64. The van der Waals surface area contributed by atoms with Crippen molar-refractivity contribution in [3.8, 4) is 10.6 Å². The van der Waals surface area contributed by atoms with Crippen molar-refractivity contribution in [1.29, 1.82) is 0 Å². The Hall–Kier alpha value is -2.21. The van der Waals surface area contributed by atoms with Crippen molar-refractivity contribution in [3.63, 3.8) is 0 Å². The van der Waals surface area contributed by atoms with E-state index in [1.165, 1.54) is 0 Å². The first-order valence-electron chi connectivity index (χ1n) is 8.07. The van der Waals surface area contributed by atoms with Crippen LogP contribution in [0.4, 0.5) is 0 Å². The predicted molar refractivity (Wildman–Crippen MR) is 93.2 cm³/mol. The first-order valence-corrected chi connectivity index (χ1v) is 8.95. The number of hydrogen-bond donors (Lipinski definition) is 1. The summed E-state index contributed by atoms with van der Waals surface area (Å²) in [4.78, 5) is 31.0. The second-order valence-corrected chi connectivity index (χ2v) is 7.09. The van der Waals surface area contributed by atoms with E-state index in [1.54, 1.807) is 11.3 Å². The van der Waals surface area contributed by atoms with Gasteiger partial charge in [0.2, 0.25) is 0 Å². The smallest absolute Gasteiger partial charge is 0.303 e. The fraction of sp³-hybridized carbons (Fsp3) is 0.389. The van der Waals surface area contributed by atoms with Crippen molar-refractivity contribution >= 4 is 23.2 Å². The molecule has 3 rings (SSSR count). The number of carboxylic acids is 1. The second-order valence-electron chi connectivity index (χ2n) is 6.14. The van der Waals surface area contributed by atoms with Gasteiger partial charge in [-0.2, -0.15) is 0 Å². The lowest BCUT2D eigenvalue weighted by molar-refractivity contribution is -0.138. The minimum absolute atomic E-state index is 0.00787. The number of carbonyl (C=O) groups excluding carboxylic acids is 1.